The van der Waals surface area contributed by atoms with Crippen LogP contribution in [-0.2, 0) is 30.4 Å². The average molecular weight is 703 g/mol. The predicted molar refractivity (Wildman–Crippen MR) is 189 cm³/mol. The van der Waals surface area contributed by atoms with Crippen LogP contribution in [0.5, 0.6) is 0 Å². The monoisotopic (exact) mass is 702 g/mol. The van der Waals surface area contributed by atoms with Gasteiger partial charge in [0.1, 0.15) is 17.3 Å². The lowest BCUT2D eigenvalue weighted by molar-refractivity contribution is -0.140. The first-order chi connectivity index (χ1) is 24.1. The van der Waals surface area contributed by atoms with Gasteiger partial charge in [-0.1, -0.05) is 55.3 Å². The topological polar surface area (TPSA) is 153 Å². The number of Topliss-reactive ketones (excluding diaryl/α,β-unsaturated/α-hetero) is 1. The Labute approximate surface area is 295 Å². The van der Waals surface area contributed by atoms with E-state index in [9.17, 15) is 24.0 Å². The molecule has 2 aliphatic heterocycles. The van der Waals surface area contributed by atoms with Gasteiger partial charge in [-0.25, -0.2) is 0 Å². The molecule has 13 heteroatoms. The number of halogens is 1. The molecule has 50 heavy (non-hydrogen) atoms. The zero-order valence-electron chi connectivity index (χ0n) is 28.5. The molecule has 2 aromatic carbocycles. The van der Waals surface area contributed by atoms with Crippen molar-refractivity contribution in [2.75, 3.05) is 19.6 Å². The fourth-order valence-electron chi connectivity index (χ4n) is 6.82. The molecule has 1 saturated heterocycles. The third-order valence-corrected chi connectivity index (χ3v) is 9.88. The molecule has 2 fully saturated rings. The number of carbonyl (C=O) groups excluding carboxylic acids is 5. The number of aromatic amines is 1. The molecule has 4 N–H and O–H groups in total. The highest BCUT2D eigenvalue weighted by Crippen LogP contribution is 2.39. The molecule has 264 valence electrons. The number of benzene rings is 2. The summed E-state index contributed by atoms with van der Waals surface area (Å²) in [6.45, 7) is 6.72. The fraction of sp³-hybridized carbons (Fsp3) is 0.432. The van der Waals surface area contributed by atoms with Gasteiger partial charge in [-0.2, -0.15) is 0 Å². The Morgan fingerprint density at radius 1 is 1.06 bits per heavy atom. The van der Waals surface area contributed by atoms with Gasteiger partial charge in [0.05, 0.1) is 24.7 Å². The number of nitrogens with one attached hydrogen (secondary N) is 4. The number of hydrogen-bond donors (Lipinski definition) is 4. The van der Waals surface area contributed by atoms with Crippen LogP contribution >= 0.6 is 11.6 Å². The highest BCUT2D eigenvalue weighted by molar-refractivity contribution is 6.38. The molecule has 3 heterocycles. The van der Waals surface area contributed by atoms with Crippen LogP contribution in [0.15, 0.2) is 54.6 Å². The summed E-state index contributed by atoms with van der Waals surface area (Å²) in [5, 5.41) is 6.79. The maximum atomic E-state index is 14.7. The smallest absolute Gasteiger partial charge is 0.289 e. The van der Waals surface area contributed by atoms with Gasteiger partial charge in [0.2, 0.25) is 17.6 Å². The standard InChI is InChI=1S/C37H43ClN6O6/c1-4-10-28(33(46)35(48)39-24-15-16-24)41-34(47)30-20-37(19-29(42-50-37)22-11-9-12-23(38)17-22)21-44(30)36(49)32-26(18-31(45)43(5-2)6-3)25-13-7-8-14-27(25)40-32/h7-9,11-14,17,19,24,28,30,40,42H,4-6,10,15-16,18,20-21H2,1-3H3,(H,39,48)(H,41,47)/t28-,30-,37+/m0/s1. The zero-order valence-corrected chi connectivity index (χ0v) is 29.3. The number of fused-ring (bicyclic) bond motifs is 1. The second-order valence-corrected chi connectivity index (χ2v) is 13.7. The summed E-state index contributed by atoms with van der Waals surface area (Å²) in [5.74, 6) is -2.62. The van der Waals surface area contributed by atoms with Gasteiger partial charge in [0, 0.05) is 47.0 Å². The van der Waals surface area contributed by atoms with Crippen LogP contribution in [0, 0.1) is 0 Å². The second-order valence-electron chi connectivity index (χ2n) is 13.2. The first-order valence-corrected chi connectivity index (χ1v) is 17.7. The number of ketones is 1. The molecule has 1 spiro atoms. The van der Waals surface area contributed by atoms with E-state index in [1.807, 2.05) is 63.2 Å². The van der Waals surface area contributed by atoms with E-state index in [-0.39, 0.29) is 43.5 Å². The molecule has 1 aromatic heterocycles. The summed E-state index contributed by atoms with van der Waals surface area (Å²) in [5.41, 5.74) is 4.69. The van der Waals surface area contributed by atoms with Crippen LogP contribution in [0.4, 0.5) is 0 Å². The number of H-pyrrole nitrogens is 1. The largest absolute Gasteiger partial charge is 0.350 e. The number of hydrogen-bond acceptors (Lipinski definition) is 7. The number of likely N-dealkylation sites (tertiary alicyclic amines) is 1. The zero-order chi connectivity index (χ0) is 35.6. The van der Waals surface area contributed by atoms with Crippen molar-refractivity contribution in [1.29, 1.82) is 0 Å². The maximum Gasteiger partial charge on any atom is 0.289 e. The Morgan fingerprint density at radius 2 is 1.82 bits per heavy atom. The van der Waals surface area contributed by atoms with E-state index in [1.165, 1.54) is 4.90 Å². The number of likely N-dealkylation sites (N-methyl/N-ethyl adjacent to an activating group) is 1. The van der Waals surface area contributed by atoms with Crippen molar-refractivity contribution < 1.29 is 28.8 Å². The van der Waals surface area contributed by atoms with Crippen molar-refractivity contribution >= 4 is 57.6 Å². The van der Waals surface area contributed by atoms with E-state index in [0.29, 0.717) is 41.3 Å². The molecule has 12 nitrogen and oxygen atoms in total. The van der Waals surface area contributed by atoms with Crippen molar-refractivity contribution in [3.05, 3.63) is 76.5 Å². The Kier molecular flexibility index (Phi) is 10.3. The lowest BCUT2D eigenvalue weighted by atomic mass is 9.97. The molecule has 6 rings (SSSR count). The molecule has 3 aliphatic rings. The molecule has 3 atom stereocenters. The molecular weight excluding hydrogens is 660 g/mol. The van der Waals surface area contributed by atoms with E-state index in [2.05, 4.69) is 21.1 Å². The number of rotatable bonds is 13. The third-order valence-electron chi connectivity index (χ3n) is 9.64. The van der Waals surface area contributed by atoms with Crippen LogP contribution < -0.4 is 16.1 Å². The Bertz CT molecular complexity index is 1850. The summed E-state index contributed by atoms with van der Waals surface area (Å²) < 4.78 is 0. The van der Waals surface area contributed by atoms with Crippen molar-refractivity contribution in [3.63, 3.8) is 0 Å². The van der Waals surface area contributed by atoms with Gasteiger partial charge in [-0.05, 0) is 62.9 Å². The molecule has 4 amide bonds. The summed E-state index contributed by atoms with van der Waals surface area (Å²) in [6, 6.07) is 12.5. The number of carbonyl (C=O) groups is 5. The van der Waals surface area contributed by atoms with Gasteiger partial charge < -0.3 is 25.4 Å². The molecule has 0 bridgehead atoms. The molecule has 3 aromatic rings. The fourth-order valence-corrected chi connectivity index (χ4v) is 7.01. The maximum absolute atomic E-state index is 14.7. The summed E-state index contributed by atoms with van der Waals surface area (Å²) in [4.78, 5) is 80.7. The molecular formula is C37H43ClN6O6. The highest BCUT2D eigenvalue weighted by atomic mass is 35.5. The lowest BCUT2D eigenvalue weighted by Gasteiger charge is -2.26. The van der Waals surface area contributed by atoms with E-state index >= 15 is 0 Å². The Hall–Kier alpha value is -4.68. The lowest BCUT2D eigenvalue weighted by Crippen LogP contribution is -2.53. The molecule has 1 aliphatic carbocycles. The van der Waals surface area contributed by atoms with Gasteiger partial charge in [-0.3, -0.25) is 34.3 Å². The Balaban J connectivity index is 1.35. The number of hydroxylamine groups is 1. The van der Waals surface area contributed by atoms with Crippen molar-refractivity contribution in [3.8, 4) is 0 Å². The van der Waals surface area contributed by atoms with Crippen molar-refractivity contribution in [2.24, 2.45) is 0 Å². The third kappa shape index (κ3) is 7.27. The van der Waals surface area contributed by atoms with Crippen LogP contribution in [0.3, 0.4) is 0 Å². The minimum atomic E-state index is -1.11. The highest BCUT2D eigenvalue weighted by Gasteiger charge is 2.52. The Morgan fingerprint density at radius 3 is 2.52 bits per heavy atom. The van der Waals surface area contributed by atoms with Gasteiger partial charge in [0.15, 0.2) is 0 Å². The number of para-hydroxylation sites is 1. The van der Waals surface area contributed by atoms with Gasteiger partial charge in [-0.15, -0.1) is 0 Å². The van der Waals surface area contributed by atoms with Crippen LogP contribution in [0.1, 0.15) is 74.5 Å². The average Bonchev–Trinajstić information content (AvgIpc) is 3.53. The predicted octanol–water partition coefficient (Wildman–Crippen LogP) is 3.89. The van der Waals surface area contributed by atoms with Crippen LogP contribution in [0.2, 0.25) is 5.02 Å². The van der Waals surface area contributed by atoms with Crippen LogP contribution in [0.25, 0.3) is 16.6 Å². The minimum absolute atomic E-state index is 0.00562. The quantitative estimate of drug-likeness (QED) is 0.197. The van der Waals surface area contributed by atoms with Gasteiger partial charge >= 0.3 is 0 Å². The summed E-state index contributed by atoms with van der Waals surface area (Å²) >= 11 is 6.26. The number of aromatic nitrogens is 1. The van der Waals surface area contributed by atoms with Crippen LogP contribution in [-0.4, -0.2) is 87.6 Å². The van der Waals surface area contributed by atoms with E-state index in [4.69, 9.17) is 16.4 Å². The number of nitrogens with zero attached hydrogens (tertiary/aromatic N) is 2. The second kappa shape index (κ2) is 14.7. The molecule has 0 unspecified atom stereocenters. The number of amides is 4. The van der Waals surface area contributed by atoms with Crippen molar-refractivity contribution in [2.45, 2.75) is 83.0 Å². The molecule has 0 radical (unpaired) electrons. The molecule has 1 saturated carbocycles. The van der Waals surface area contributed by atoms with E-state index in [0.717, 1.165) is 23.8 Å². The van der Waals surface area contributed by atoms with Crippen molar-refractivity contribution in [1.82, 2.24) is 30.9 Å². The summed E-state index contributed by atoms with van der Waals surface area (Å²) in [7, 11) is 0. The first-order valence-electron chi connectivity index (χ1n) is 17.3. The first kappa shape index (κ1) is 35.2. The normalized spacial score (nSPS) is 20.4. The van der Waals surface area contributed by atoms with Gasteiger partial charge in [0.25, 0.3) is 11.8 Å². The van der Waals surface area contributed by atoms with E-state index in [1.54, 1.807) is 17.0 Å². The van der Waals surface area contributed by atoms with E-state index < -0.39 is 41.2 Å². The minimum Gasteiger partial charge on any atom is -0.350 e. The summed E-state index contributed by atoms with van der Waals surface area (Å²) in [6.07, 6.45) is 4.34. The SMILES string of the molecule is CCC[C@H](NC(=O)[C@@H]1C[C@]2(C=C(c3cccc(Cl)c3)NO2)CN1C(=O)c1[nH]c2ccccc2c1CC(=O)N(CC)CC)C(=O)C(=O)NC1CC1.